The molecule has 1 saturated heterocycles. The van der Waals surface area contributed by atoms with Gasteiger partial charge in [0.2, 0.25) is 10.0 Å². The van der Waals surface area contributed by atoms with Crippen LogP contribution < -0.4 is 9.64 Å². The van der Waals surface area contributed by atoms with Crippen molar-refractivity contribution in [2.24, 2.45) is 0 Å². The summed E-state index contributed by atoms with van der Waals surface area (Å²) in [6.07, 6.45) is 0. The van der Waals surface area contributed by atoms with Gasteiger partial charge in [0.1, 0.15) is 10.6 Å². The average Bonchev–Trinajstić information content (AvgIpc) is 2.61. The summed E-state index contributed by atoms with van der Waals surface area (Å²) in [4.78, 5) is 2.50. The molecule has 0 aliphatic carbocycles. The van der Waals surface area contributed by atoms with Crippen LogP contribution in [0, 0.1) is 20.8 Å². The van der Waals surface area contributed by atoms with Crippen molar-refractivity contribution in [3.8, 4) is 5.75 Å². The molecule has 0 aromatic heterocycles. The number of methoxy groups -OCH3 is 1. The van der Waals surface area contributed by atoms with E-state index in [9.17, 15) is 8.42 Å². The lowest BCUT2D eigenvalue weighted by molar-refractivity contribution is 0.374. The van der Waals surface area contributed by atoms with E-state index in [1.807, 2.05) is 13.0 Å². The number of hydrogen-bond acceptors (Lipinski definition) is 4. The lowest BCUT2D eigenvalue weighted by atomic mass is 10.1. The zero-order valence-corrected chi connectivity index (χ0v) is 16.6. The molecule has 3 rings (SSSR count). The number of nitrogens with zero attached hydrogens (tertiary/aromatic N) is 2. The minimum Gasteiger partial charge on any atom is -0.495 e. The van der Waals surface area contributed by atoms with Crippen LogP contribution in [0.25, 0.3) is 0 Å². The highest BCUT2D eigenvalue weighted by molar-refractivity contribution is 7.89. The number of anilines is 1. The molecule has 0 unspecified atom stereocenters. The number of piperazine rings is 1. The number of rotatable bonds is 4. The summed E-state index contributed by atoms with van der Waals surface area (Å²) in [5.41, 5.74) is 4.50. The smallest absolute Gasteiger partial charge is 0.246 e. The van der Waals surface area contributed by atoms with Gasteiger partial charge in [-0.05, 0) is 61.7 Å². The summed E-state index contributed by atoms with van der Waals surface area (Å²) in [6, 6.07) is 11.7. The summed E-state index contributed by atoms with van der Waals surface area (Å²) in [7, 11) is -2.07. The molecular weight excluding hydrogens is 348 g/mol. The van der Waals surface area contributed by atoms with Crippen LogP contribution in [0.1, 0.15) is 16.7 Å². The first kappa shape index (κ1) is 18.7. The van der Waals surface area contributed by atoms with Crippen LogP contribution in [-0.2, 0) is 10.0 Å². The second kappa shape index (κ2) is 7.29. The van der Waals surface area contributed by atoms with Crippen LogP contribution in [0.5, 0.6) is 5.75 Å². The molecule has 1 heterocycles. The van der Waals surface area contributed by atoms with E-state index in [4.69, 9.17) is 4.74 Å². The third-order valence-electron chi connectivity index (χ3n) is 4.75. The molecule has 5 nitrogen and oxygen atoms in total. The van der Waals surface area contributed by atoms with E-state index in [0.717, 1.165) is 11.3 Å². The third-order valence-corrected chi connectivity index (χ3v) is 6.67. The van der Waals surface area contributed by atoms with Crippen molar-refractivity contribution in [3.63, 3.8) is 0 Å². The van der Waals surface area contributed by atoms with Gasteiger partial charge in [-0.1, -0.05) is 12.1 Å². The number of ether oxygens (including phenoxy) is 1. The van der Waals surface area contributed by atoms with Crippen LogP contribution in [0.4, 0.5) is 5.69 Å². The lowest BCUT2D eigenvalue weighted by Crippen LogP contribution is -2.48. The summed E-state index contributed by atoms with van der Waals surface area (Å²) < 4.78 is 33.0. The summed E-state index contributed by atoms with van der Waals surface area (Å²) in [5.74, 6) is 0.396. The predicted molar refractivity (Wildman–Crippen MR) is 105 cm³/mol. The van der Waals surface area contributed by atoms with Gasteiger partial charge in [0.05, 0.1) is 7.11 Å². The fourth-order valence-corrected chi connectivity index (χ4v) is 5.11. The molecule has 2 aromatic carbocycles. The topological polar surface area (TPSA) is 49.9 Å². The van der Waals surface area contributed by atoms with E-state index < -0.39 is 10.0 Å². The molecule has 0 saturated carbocycles. The summed E-state index contributed by atoms with van der Waals surface area (Å²) >= 11 is 0. The Morgan fingerprint density at radius 3 is 2.04 bits per heavy atom. The van der Waals surface area contributed by atoms with Crippen LogP contribution in [-0.4, -0.2) is 46.0 Å². The first-order chi connectivity index (χ1) is 12.3. The molecule has 1 aliphatic heterocycles. The fraction of sp³-hybridized carbons (Fsp3) is 0.400. The van der Waals surface area contributed by atoms with Gasteiger partial charge in [-0.3, -0.25) is 0 Å². The number of sulfonamides is 1. The molecule has 0 radical (unpaired) electrons. The Morgan fingerprint density at radius 1 is 0.846 bits per heavy atom. The van der Waals surface area contributed by atoms with Gasteiger partial charge in [-0.15, -0.1) is 0 Å². The maximum atomic E-state index is 13.1. The Morgan fingerprint density at radius 2 is 1.46 bits per heavy atom. The van der Waals surface area contributed by atoms with E-state index >= 15 is 0 Å². The molecule has 0 bridgehead atoms. The first-order valence-corrected chi connectivity index (χ1v) is 10.2. The minimum atomic E-state index is -3.57. The zero-order chi connectivity index (χ0) is 18.9. The molecule has 26 heavy (non-hydrogen) atoms. The molecule has 6 heteroatoms. The van der Waals surface area contributed by atoms with Crippen molar-refractivity contribution >= 4 is 15.7 Å². The quantitative estimate of drug-likeness (QED) is 0.825. The predicted octanol–water partition coefficient (Wildman–Crippen LogP) is 3.13. The molecule has 140 valence electrons. The van der Waals surface area contributed by atoms with Gasteiger partial charge in [0.15, 0.2) is 0 Å². The fourth-order valence-electron chi connectivity index (χ4n) is 3.44. The highest BCUT2D eigenvalue weighted by atomic mass is 32.2. The standard InChI is InChI=1S/C20H26N2O3S/c1-15-5-6-19(25-4)20(14-15)26(23,24)22-9-7-21(8-10-22)18-12-16(2)11-17(3)13-18/h5-6,11-14H,7-10H2,1-4H3. The van der Waals surface area contributed by atoms with E-state index in [-0.39, 0.29) is 4.90 Å². The summed E-state index contributed by atoms with van der Waals surface area (Å²) in [5, 5.41) is 0. The van der Waals surface area contributed by atoms with Crippen molar-refractivity contribution in [2.75, 3.05) is 38.2 Å². The second-order valence-corrected chi connectivity index (χ2v) is 8.80. The van der Waals surface area contributed by atoms with E-state index in [1.54, 1.807) is 16.4 Å². The highest BCUT2D eigenvalue weighted by Crippen LogP contribution is 2.29. The number of aryl methyl sites for hydroxylation is 3. The van der Waals surface area contributed by atoms with Gasteiger partial charge < -0.3 is 9.64 Å². The maximum absolute atomic E-state index is 13.1. The van der Waals surface area contributed by atoms with E-state index in [0.29, 0.717) is 31.9 Å². The molecule has 2 aromatic rings. The molecule has 0 spiro atoms. The van der Waals surface area contributed by atoms with Gasteiger partial charge in [-0.25, -0.2) is 8.42 Å². The Kier molecular flexibility index (Phi) is 5.25. The number of hydrogen-bond donors (Lipinski definition) is 0. The Balaban J connectivity index is 1.80. The Labute approximate surface area is 156 Å². The second-order valence-electron chi connectivity index (χ2n) is 6.89. The van der Waals surface area contributed by atoms with Crippen molar-refractivity contribution in [1.29, 1.82) is 0 Å². The Hall–Kier alpha value is -2.05. The largest absolute Gasteiger partial charge is 0.495 e. The molecule has 1 fully saturated rings. The SMILES string of the molecule is COc1ccc(C)cc1S(=O)(=O)N1CCN(c2cc(C)cc(C)c2)CC1. The Bertz CT molecular complexity index is 881. The molecule has 1 aliphatic rings. The van der Waals surface area contributed by atoms with Gasteiger partial charge in [-0.2, -0.15) is 4.31 Å². The normalized spacial score (nSPS) is 15.9. The van der Waals surface area contributed by atoms with Crippen LogP contribution >= 0.6 is 0 Å². The molecule has 0 atom stereocenters. The van der Waals surface area contributed by atoms with Crippen molar-refractivity contribution in [1.82, 2.24) is 4.31 Å². The van der Waals surface area contributed by atoms with E-state index in [2.05, 4.69) is 36.9 Å². The minimum absolute atomic E-state index is 0.250. The van der Waals surface area contributed by atoms with Gasteiger partial charge >= 0.3 is 0 Å². The van der Waals surface area contributed by atoms with Crippen LogP contribution in [0.2, 0.25) is 0 Å². The van der Waals surface area contributed by atoms with Crippen LogP contribution in [0.3, 0.4) is 0 Å². The van der Waals surface area contributed by atoms with Crippen LogP contribution in [0.15, 0.2) is 41.3 Å². The zero-order valence-electron chi connectivity index (χ0n) is 15.8. The van der Waals surface area contributed by atoms with Crippen molar-refractivity contribution in [3.05, 3.63) is 53.1 Å². The van der Waals surface area contributed by atoms with Crippen molar-refractivity contribution in [2.45, 2.75) is 25.7 Å². The van der Waals surface area contributed by atoms with E-state index in [1.165, 1.54) is 18.2 Å². The molecule has 0 amide bonds. The molecular formula is C20H26N2O3S. The van der Waals surface area contributed by atoms with Gasteiger partial charge in [0, 0.05) is 31.9 Å². The number of benzene rings is 2. The maximum Gasteiger partial charge on any atom is 0.246 e. The molecule has 0 N–H and O–H groups in total. The lowest BCUT2D eigenvalue weighted by Gasteiger charge is -2.35. The first-order valence-electron chi connectivity index (χ1n) is 8.79. The average molecular weight is 375 g/mol. The highest BCUT2D eigenvalue weighted by Gasteiger charge is 2.31. The third kappa shape index (κ3) is 3.71. The monoisotopic (exact) mass is 374 g/mol. The van der Waals surface area contributed by atoms with Gasteiger partial charge in [0.25, 0.3) is 0 Å². The van der Waals surface area contributed by atoms with Crippen molar-refractivity contribution < 1.29 is 13.2 Å². The summed E-state index contributed by atoms with van der Waals surface area (Å²) in [6.45, 7) is 8.34.